The van der Waals surface area contributed by atoms with Gasteiger partial charge < -0.3 is 5.32 Å². The molecule has 0 saturated heterocycles. The lowest BCUT2D eigenvalue weighted by Crippen LogP contribution is -2.27. The van der Waals surface area contributed by atoms with Gasteiger partial charge in [0, 0.05) is 5.56 Å². The Labute approximate surface area is 183 Å². The third-order valence-corrected chi connectivity index (χ3v) is 5.25. The highest BCUT2D eigenvalue weighted by Gasteiger charge is 2.20. The number of nitrogens with zero attached hydrogens (tertiary/aromatic N) is 4. The molecule has 0 aliphatic rings. The van der Waals surface area contributed by atoms with Gasteiger partial charge in [0.25, 0.3) is 5.91 Å². The van der Waals surface area contributed by atoms with Gasteiger partial charge in [0.05, 0.1) is 23.0 Å². The molecule has 0 aliphatic heterocycles. The Hall–Kier alpha value is -4.52. The van der Waals surface area contributed by atoms with Crippen molar-refractivity contribution in [1.29, 1.82) is 0 Å². The molecular formula is C25H19N5O2. The van der Waals surface area contributed by atoms with Crippen LogP contribution in [0.4, 0.5) is 5.82 Å². The van der Waals surface area contributed by atoms with Crippen molar-refractivity contribution in [2.45, 2.75) is 6.92 Å². The van der Waals surface area contributed by atoms with Crippen LogP contribution in [0.15, 0.2) is 95.9 Å². The van der Waals surface area contributed by atoms with Crippen LogP contribution in [0.1, 0.15) is 15.9 Å². The molecule has 2 aromatic heterocycles. The Balaban J connectivity index is 1.74. The minimum atomic E-state index is -0.513. The van der Waals surface area contributed by atoms with Crippen LogP contribution in [-0.4, -0.2) is 25.2 Å². The predicted molar refractivity (Wildman–Crippen MR) is 124 cm³/mol. The van der Waals surface area contributed by atoms with Crippen molar-refractivity contribution in [3.63, 3.8) is 0 Å². The summed E-state index contributed by atoms with van der Waals surface area (Å²) in [5.41, 5.74) is 2.58. The molecule has 7 heteroatoms. The van der Waals surface area contributed by atoms with Gasteiger partial charge in [-0.1, -0.05) is 54.6 Å². The van der Waals surface area contributed by atoms with E-state index in [9.17, 15) is 9.59 Å². The smallest absolute Gasteiger partial charge is 0.307 e. The maximum Gasteiger partial charge on any atom is 0.355 e. The summed E-state index contributed by atoms with van der Waals surface area (Å²) in [5, 5.41) is 7.95. The number of hydrogen-bond acceptors (Lipinski definition) is 4. The largest absolute Gasteiger partial charge is 0.355 e. The standard InChI is InChI=1S/C25H19N5O2/c1-17-10-8-9-15-20(17)24(31)27-22-21-16-26-30(19-13-6-3-7-14-19)23(21)28-25(32)29(22)18-11-4-2-5-12-18/h2-16H,1H3,(H,27,31). The summed E-state index contributed by atoms with van der Waals surface area (Å²) in [7, 11) is 0. The fraction of sp³-hybridized carbons (Fsp3) is 0.0400. The van der Waals surface area contributed by atoms with Crippen molar-refractivity contribution in [3.05, 3.63) is 113 Å². The van der Waals surface area contributed by atoms with E-state index in [2.05, 4.69) is 15.4 Å². The van der Waals surface area contributed by atoms with Crippen molar-refractivity contribution in [3.8, 4) is 11.4 Å². The normalized spacial score (nSPS) is 10.9. The number of hydrogen-bond donors (Lipinski definition) is 1. The van der Waals surface area contributed by atoms with E-state index in [1.54, 1.807) is 29.1 Å². The van der Waals surface area contributed by atoms with Crippen LogP contribution in [-0.2, 0) is 0 Å². The second kappa shape index (κ2) is 7.96. The first-order valence-electron chi connectivity index (χ1n) is 10.1. The molecule has 1 N–H and O–H groups in total. The fourth-order valence-electron chi connectivity index (χ4n) is 3.67. The summed E-state index contributed by atoms with van der Waals surface area (Å²) in [4.78, 5) is 30.7. The van der Waals surface area contributed by atoms with Crippen LogP contribution >= 0.6 is 0 Å². The molecule has 1 amide bonds. The Morgan fingerprint density at radius 2 is 1.47 bits per heavy atom. The molecule has 0 atom stereocenters. The van der Waals surface area contributed by atoms with Crippen LogP contribution in [0.2, 0.25) is 0 Å². The van der Waals surface area contributed by atoms with Crippen molar-refractivity contribution >= 4 is 22.8 Å². The van der Waals surface area contributed by atoms with Crippen LogP contribution in [0.25, 0.3) is 22.4 Å². The van der Waals surface area contributed by atoms with E-state index in [1.807, 2.05) is 73.7 Å². The van der Waals surface area contributed by atoms with Crippen molar-refractivity contribution in [2.75, 3.05) is 5.32 Å². The fourth-order valence-corrected chi connectivity index (χ4v) is 3.67. The molecule has 3 aromatic carbocycles. The molecular weight excluding hydrogens is 402 g/mol. The highest BCUT2D eigenvalue weighted by atomic mass is 16.2. The summed E-state index contributed by atoms with van der Waals surface area (Å²) in [5.74, 6) is 0.00813. The van der Waals surface area contributed by atoms with Gasteiger partial charge in [-0.2, -0.15) is 10.1 Å². The van der Waals surface area contributed by atoms with E-state index in [4.69, 9.17) is 0 Å². The van der Waals surface area contributed by atoms with E-state index in [1.165, 1.54) is 4.57 Å². The lowest BCUT2D eigenvalue weighted by atomic mass is 10.1. The molecule has 0 spiro atoms. The summed E-state index contributed by atoms with van der Waals surface area (Å²) in [6, 6.07) is 25.8. The van der Waals surface area contributed by atoms with Crippen molar-refractivity contribution < 1.29 is 4.79 Å². The summed E-state index contributed by atoms with van der Waals surface area (Å²) in [6.07, 6.45) is 1.61. The zero-order chi connectivity index (χ0) is 22.1. The molecule has 0 aliphatic carbocycles. The van der Waals surface area contributed by atoms with E-state index >= 15 is 0 Å². The van der Waals surface area contributed by atoms with E-state index < -0.39 is 5.69 Å². The number of anilines is 1. The number of aromatic nitrogens is 4. The third kappa shape index (κ3) is 3.35. The number of carbonyl (C=O) groups is 1. The lowest BCUT2D eigenvalue weighted by Gasteiger charge is -2.15. The number of carbonyl (C=O) groups excluding carboxylic acids is 1. The third-order valence-electron chi connectivity index (χ3n) is 5.25. The number of para-hydroxylation sites is 2. The first-order chi connectivity index (χ1) is 15.6. The van der Waals surface area contributed by atoms with Gasteiger partial charge in [-0.25, -0.2) is 14.0 Å². The van der Waals surface area contributed by atoms with E-state index in [0.29, 0.717) is 28.1 Å². The first kappa shape index (κ1) is 19.4. The SMILES string of the molecule is Cc1ccccc1C(=O)Nc1c2cnn(-c3ccccc3)c2nc(=O)n1-c1ccccc1. The summed E-state index contributed by atoms with van der Waals surface area (Å²) >= 11 is 0. The maximum absolute atomic E-state index is 13.2. The van der Waals surface area contributed by atoms with Crippen LogP contribution in [0.3, 0.4) is 0 Å². The first-order valence-corrected chi connectivity index (χ1v) is 10.1. The van der Waals surface area contributed by atoms with Crippen molar-refractivity contribution in [1.82, 2.24) is 19.3 Å². The molecule has 5 rings (SSSR count). The van der Waals surface area contributed by atoms with Crippen molar-refractivity contribution in [2.24, 2.45) is 0 Å². The second-order valence-corrected chi connectivity index (χ2v) is 7.31. The maximum atomic E-state index is 13.2. The molecule has 7 nitrogen and oxygen atoms in total. The zero-order valence-electron chi connectivity index (χ0n) is 17.3. The van der Waals surface area contributed by atoms with Gasteiger partial charge in [0.1, 0.15) is 5.82 Å². The monoisotopic (exact) mass is 421 g/mol. The Kier molecular flexibility index (Phi) is 4.84. The summed E-state index contributed by atoms with van der Waals surface area (Å²) in [6.45, 7) is 1.87. The van der Waals surface area contributed by atoms with Crippen LogP contribution < -0.4 is 11.0 Å². The van der Waals surface area contributed by atoms with Gasteiger partial charge in [0.15, 0.2) is 5.65 Å². The molecule has 0 radical (unpaired) electrons. The predicted octanol–water partition coefficient (Wildman–Crippen LogP) is 4.13. The number of fused-ring (bicyclic) bond motifs is 1. The van der Waals surface area contributed by atoms with E-state index in [0.717, 1.165) is 11.3 Å². The minimum Gasteiger partial charge on any atom is -0.307 e. The molecule has 0 saturated carbocycles. The minimum absolute atomic E-state index is 0.313. The van der Waals surface area contributed by atoms with Gasteiger partial charge in [-0.05, 0) is 42.8 Å². The second-order valence-electron chi connectivity index (χ2n) is 7.31. The highest BCUT2D eigenvalue weighted by molar-refractivity contribution is 6.08. The zero-order valence-corrected chi connectivity index (χ0v) is 17.3. The number of nitrogens with one attached hydrogen (secondary N) is 1. The lowest BCUT2D eigenvalue weighted by molar-refractivity contribution is 0.102. The average molecular weight is 421 g/mol. The Bertz CT molecular complexity index is 1490. The average Bonchev–Trinajstić information content (AvgIpc) is 3.24. The highest BCUT2D eigenvalue weighted by Crippen LogP contribution is 2.25. The Morgan fingerprint density at radius 3 is 2.16 bits per heavy atom. The van der Waals surface area contributed by atoms with E-state index in [-0.39, 0.29) is 5.91 Å². The number of aryl methyl sites for hydroxylation is 1. The van der Waals surface area contributed by atoms with Gasteiger partial charge in [-0.15, -0.1) is 0 Å². The number of rotatable bonds is 4. The molecule has 0 bridgehead atoms. The van der Waals surface area contributed by atoms with Gasteiger partial charge >= 0.3 is 5.69 Å². The molecule has 156 valence electrons. The van der Waals surface area contributed by atoms with Gasteiger partial charge in [-0.3, -0.25) is 4.79 Å². The molecule has 0 unspecified atom stereocenters. The van der Waals surface area contributed by atoms with Crippen LogP contribution in [0, 0.1) is 6.92 Å². The number of benzene rings is 3. The van der Waals surface area contributed by atoms with Gasteiger partial charge in [0.2, 0.25) is 0 Å². The van der Waals surface area contributed by atoms with Crippen LogP contribution in [0.5, 0.6) is 0 Å². The molecule has 2 heterocycles. The number of amides is 1. The molecule has 32 heavy (non-hydrogen) atoms. The summed E-state index contributed by atoms with van der Waals surface area (Å²) < 4.78 is 2.99. The topological polar surface area (TPSA) is 81.8 Å². The quantitative estimate of drug-likeness (QED) is 0.473. The molecule has 5 aromatic rings. The Morgan fingerprint density at radius 1 is 0.844 bits per heavy atom. The molecule has 0 fully saturated rings.